The van der Waals surface area contributed by atoms with Crippen molar-refractivity contribution in [1.82, 2.24) is 14.5 Å². The SMILES string of the molecule is CCOCC(c1ccccc1)n1c(C)nc2c(c1=O)CCN(C(=O)Oc1ccc(OC(F)(F)F)cc1)C2. The molecule has 0 fully saturated rings. The third-order valence-electron chi connectivity index (χ3n) is 5.94. The van der Waals surface area contributed by atoms with E-state index in [0.29, 0.717) is 30.3 Å². The van der Waals surface area contributed by atoms with Gasteiger partial charge in [0.2, 0.25) is 0 Å². The fraction of sp³-hybridized carbons (Fsp3) is 0.346. The predicted molar refractivity (Wildman–Crippen MR) is 128 cm³/mol. The number of benzene rings is 2. The van der Waals surface area contributed by atoms with Gasteiger partial charge in [-0.15, -0.1) is 13.2 Å². The number of carbonyl (C=O) groups is 1. The van der Waals surface area contributed by atoms with Crippen molar-refractivity contribution < 1.29 is 32.2 Å². The molecule has 1 unspecified atom stereocenters. The van der Waals surface area contributed by atoms with Crippen LogP contribution in [0.1, 0.15) is 35.6 Å². The lowest BCUT2D eigenvalue weighted by atomic mass is 10.0. The molecule has 0 saturated carbocycles. The fourth-order valence-electron chi connectivity index (χ4n) is 4.24. The Morgan fingerprint density at radius 3 is 2.41 bits per heavy atom. The number of halogens is 3. The molecule has 1 aliphatic heterocycles. The molecule has 2 heterocycles. The molecule has 11 heteroatoms. The van der Waals surface area contributed by atoms with Crippen LogP contribution >= 0.6 is 0 Å². The van der Waals surface area contributed by atoms with E-state index in [9.17, 15) is 22.8 Å². The number of rotatable bonds is 7. The van der Waals surface area contributed by atoms with Crippen LogP contribution < -0.4 is 15.0 Å². The minimum absolute atomic E-state index is 0.0616. The van der Waals surface area contributed by atoms with Gasteiger partial charge in [-0.1, -0.05) is 30.3 Å². The zero-order chi connectivity index (χ0) is 26.6. The molecule has 196 valence electrons. The Kier molecular flexibility index (Phi) is 7.82. The number of aryl methyl sites for hydroxylation is 1. The van der Waals surface area contributed by atoms with E-state index in [0.717, 1.165) is 17.7 Å². The summed E-state index contributed by atoms with van der Waals surface area (Å²) in [6, 6.07) is 13.8. The summed E-state index contributed by atoms with van der Waals surface area (Å²) in [6.07, 6.45) is -5.23. The van der Waals surface area contributed by atoms with Crippen molar-refractivity contribution in [2.24, 2.45) is 0 Å². The second-order valence-electron chi connectivity index (χ2n) is 8.40. The number of fused-ring (bicyclic) bond motifs is 1. The molecule has 0 aliphatic carbocycles. The van der Waals surface area contributed by atoms with Gasteiger partial charge in [0.1, 0.15) is 17.3 Å². The van der Waals surface area contributed by atoms with E-state index in [1.165, 1.54) is 17.0 Å². The smallest absolute Gasteiger partial charge is 0.410 e. The number of amides is 1. The van der Waals surface area contributed by atoms with Gasteiger partial charge in [0.25, 0.3) is 5.56 Å². The zero-order valence-corrected chi connectivity index (χ0v) is 20.3. The molecule has 3 aromatic rings. The largest absolute Gasteiger partial charge is 0.573 e. The fourth-order valence-corrected chi connectivity index (χ4v) is 4.24. The molecule has 37 heavy (non-hydrogen) atoms. The first-order valence-corrected chi connectivity index (χ1v) is 11.7. The predicted octanol–water partition coefficient (Wildman–Crippen LogP) is 4.63. The Bertz CT molecular complexity index is 1290. The van der Waals surface area contributed by atoms with Crippen molar-refractivity contribution in [3.05, 3.63) is 87.6 Å². The highest BCUT2D eigenvalue weighted by molar-refractivity contribution is 5.71. The third kappa shape index (κ3) is 6.29. The Balaban J connectivity index is 1.52. The van der Waals surface area contributed by atoms with Gasteiger partial charge in [-0.25, -0.2) is 9.78 Å². The highest BCUT2D eigenvalue weighted by Gasteiger charge is 2.31. The van der Waals surface area contributed by atoms with Crippen molar-refractivity contribution in [3.8, 4) is 11.5 Å². The van der Waals surface area contributed by atoms with E-state index in [2.05, 4.69) is 9.72 Å². The summed E-state index contributed by atoms with van der Waals surface area (Å²) < 4.78 is 53.4. The van der Waals surface area contributed by atoms with E-state index in [4.69, 9.17) is 9.47 Å². The monoisotopic (exact) mass is 517 g/mol. The lowest BCUT2D eigenvalue weighted by Gasteiger charge is -2.29. The Morgan fingerprint density at radius 1 is 1.08 bits per heavy atom. The minimum Gasteiger partial charge on any atom is -0.410 e. The summed E-state index contributed by atoms with van der Waals surface area (Å²) in [6.45, 7) is 4.74. The molecule has 1 atom stereocenters. The lowest BCUT2D eigenvalue weighted by Crippen LogP contribution is -2.43. The van der Waals surface area contributed by atoms with Crippen LogP contribution in [0.15, 0.2) is 59.4 Å². The number of hydrogen-bond acceptors (Lipinski definition) is 6. The molecule has 4 rings (SSSR count). The molecular weight excluding hydrogens is 491 g/mol. The maximum Gasteiger partial charge on any atom is 0.573 e. The van der Waals surface area contributed by atoms with Gasteiger partial charge in [-0.05, 0) is 50.1 Å². The Morgan fingerprint density at radius 2 is 1.76 bits per heavy atom. The minimum atomic E-state index is -4.81. The van der Waals surface area contributed by atoms with Crippen molar-refractivity contribution in [1.29, 1.82) is 0 Å². The molecule has 1 aliphatic rings. The van der Waals surface area contributed by atoms with Gasteiger partial charge in [-0.2, -0.15) is 0 Å². The summed E-state index contributed by atoms with van der Waals surface area (Å²) in [5, 5.41) is 0. The van der Waals surface area contributed by atoms with Crippen molar-refractivity contribution in [3.63, 3.8) is 0 Å². The molecule has 1 amide bonds. The maximum atomic E-state index is 13.6. The standard InChI is InChI=1S/C26H26F3N3O5/c1-3-35-16-23(18-7-5-4-6-8-18)32-17(2)30-22-15-31(14-13-21(22)24(32)33)25(34)36-19-9-11-20(12-10-19)37-26(27,28)29/h4-12,23H,3,13-16H2,1-2H3. The van der Waals surface area contributed by atoms with E-state index in [1.807, 2.05) is 37.3 Å². The highest BCUT2D eigenvalue weighted by atomic mass is 19.4. The summed E-state index contributed by atoms with van der Waals surface area (Å²) in [7, 11) is 0. The van der Waals surface area contributed by atoms with Crippen LogP contribution in [0, 0.1) is 6.92 Å². The van der Waals surface area contributed by atoms with Crippen LogP contribution in [0.5, 0.6) is 11.5 Å². The van der Waals surface area contributed by atoms with Crippen molar-refractivity contribution in [2.45, 2.75) is 39.2 Å². The number of alkyl halides is 3. The number of ether oxygens (including phenoxy) is 3. The van der Waals surface area contributed by atoms with Crippen molar-refractivity contribution >= 4 is 6.09 Å². The first-order chi connectivity index (χ1) is 17.7. The first kappa shape index (κ1) is 26.2. The molecule has 0 N–H and O–H groups in total. The Labute approximate surface area is 211 Å². The molecule has 0 bridgehead atoms. The molecule has 2 aromatic carbocycles. The van der Waals surface area contributed by atoms with Gasteiger partial charge >= 0.3 is 12.5 Å². The molecule has 8 nitrogen and oxygen atoms in total. The van der Waals surface area contributed by atoms with Crippen LogP contribution in [0.2, 0.25) is 0 Å². The average Bonchev–Trinajstić information content (AvgIpc) is 2.86. The second-order valence-corrected chi connectivity index (χ2v) is 8.40. The summed E-state index contributed by atoms with van der Waals surface area (Å²) in [5.41, 5.74) is 1.76. The van der Waals surface area contributed by atoms with E-state index < -0.39 is 18.2 Å². The molecular formula is C26H26F3N3O5. The lowest BCUT2D eigenvalue weighted by molar-refractivity contribution is -0.274. The van der Waals surface area contributed by atoms with Gasteiger partial charge < -0.3 is 19.1 Å². The summed E-state index contributed by atoms with van der Waals surface area (Å²) in [4.78, 5) is 32.3. The summed E-state index contributed by atoms with van der Waals surface area (Å²) in [5.74, 6) is 0.132. The van der Waals surface area contributed by atoms with E-state index in [1.54, 1.807) is 11.5 Å². The molecule has 0 saturated heterocycles. The van der Waals surface area contributed by atoms with Crippen LogP contribution in [-0.2, 0) is 17.7 Å². The van der Waals surface area contributed by atoms with Crippen LogP contribution in [0.25, 0.3) is 0 Å². The molecule has 0 radical (unpaired) electrons. The van der Waals surface area contributed by atoms with Gasteiger partial charge in [0, 0.05) is 18.7 Å². The van der Waals surface area contributed by atoms with E-state index >= 15 is 0 Å². The second kappa shape index (κ2) is 11.0. The highest BCUT2D eigenvalue weighted by Crippen LogP contribution is 2.26. The topological polar surface area (TPSA) is 82.9 Å². The van der Waals surface area contributed by atoms with Gasteiger partial charge in [0.15, 0.2) is 0 Å². The maximum absolute atomic E-state index is 13.6. The van der Waals surface area contributed by atoms with E-state index in [-0.39, 0.29) is 36.9 Å². The molecule has 0 spiro atoms. The van der Waals surface area contributed by atoms with Crippen LogP contribution in [-0.4, -0.2) is 46.7 Å². The normalized spacial score (nSPS) is 14.1. The average molecular weight is 518 g/mol. The Hall–Kier alpha value is -3.86. The van der Waals surface area contributed by atoms with Crippen LogP contribution in [0.3, 0.4) is 0 Å². The first-order valence-electron chi connectivity index (χ1n) is 11.7. The summed E-state index contributed by atoms with van der Waals surface area (Å²) >= 11 is 0. The number of nitrogens with zero attached hydrogens (tertiary/aromatic N) is 3. The van der Waals surface area contributed by atoms with Gasteiger partial charge in [0.05, 0.1) is 24.9 Å². The van der Waals surface area contributed by atoms with Crippen molar-refractivity contribution in [2.75, 3.05) is 19.8 Å². The van der Waals surface area contributed by atoms with Crippen LogP contribution in [0.4, 0.5) is 18.0 Å². The molecule has 1 aromatic heterocycles. The zero-order valence-electron chi connectivity index (χ0n) is 20.3. The number of carbonyl (C=O) groups excluding carboxylic acids is 1. The number of hydrogen-bond donors (Lipinski definition) is 0. The van der Waals surface area contributed by atoms with Gasteiger partial charge in [-0.3, -0.25) is 9.36 Å². The number of aromatic nitrogens is 2. The third-order valence-corrected chi connectivity index (χ3v) is 5.94. The quantitative estimate of drug-likeness (QED) is 0.455.